The highest BCUT2D eigenvalue weighted by atomic mass is 35.5. The molecule has 6 rings (SSSR count). The summed E-state index contributed by atoms with van der Waals surface area (Å²) in [5.74, 6) is 1.45. The molecule has 2 amide bonds. The lowest BCUT2D eigenvalue weighted by Gasteiger charge is -2.36. The molecule has 250 valence electrons. The molecule has 8 nitrogen and oxygen atoms in total. The van der Waals surface area contributed by atoms with Gasteiger partial charge in [-0.25, -0.2) is 4.98 Å². The Balaban J connectivity index is 1.12. The number of aryl methyl sites for hydroxylation is 1. The Hall–Kier alpha value is -3.04. The van der Waals surface area contributed by atoms with Crippen LogP contribution in [-0.4, -0.2) is 60.0 Å². The van der Waals surface area contributed by atoms with Gasteiger partial charge < -0.3 is 25.2 Å². The minimum atomic E-state index is -0.198. The van der Waals surface area contributed by atoms with Crippen molar-refractivity contribution >= 4 is 52.4 Å². The fourth-order valence-corrected chi connectivity index (χ4v) is 7.54. The van der Waals surface area contributed by atoms with Crippen molar-refractivity contribution in [1.82, 2.24) is 20.5 Å². The summed E-state index contributed by atoms with van der Waals surface area (Å²) in [5.41, 5.74) is 3.95. The number of rotatable bonds is 11. The van der Waals surface area contributed by atoms with Crippen molar-refractivity contribution in [3.05, 3.63) is 86.0 Å². The third-order valence-electron chi connectivity index (χ3n) is 9.43. The Labute approximate surface area is 292 Å². The average molecular weight is 699 g/mol. The van der Waals surface area contributed by atoms with Crippen LogP contribution in [0.25, 0.3) is 0 Å². The van der Waals surface area contributed by atoms with E-state index >= 15 is 0 Å². The number of halogens is 3. The summed E-state index contributed by atoms with van der Waals surface area (Å²) < 4.78 is 6.22. The van der Waals surface area contributed by atoms with E-state index in [-0.39, 0.29) is 35.8 Å². The molecule has 1 aliphatic carbocycles. The monoisotopic (exact) mass is 697 g/mol. The smallest absolute Gasteiger partial charge is 0.228 e. The van der Waals surface area contributed by atoms with Crippen molar-refractivity contribution < 1.29 is 14.3 Å². The van der Waals surface area contributed by atoms with Gasteiger partial charge >= 0.3 is 0 Å². The number of carbonyl (C=O) groups is 2. The van der Waals surface area contributed by atoms with Gasteiger partial charge in [-0.15, -0.1) is 0 Å². The van der Waals surface area contributed by atoms with Crippen LogP contribution in [0.5, 0.6) is 5.75 Å². The van der Waals surface area contributed by atoms with Crippen LogP contribution in [0.4, 0.5) is 5.82 Å². The molecule has 3 aromatic rings. The minimum absolute atomic E-state index is 0.00197. The Kier molecular flexibility index (Phi) is 10.8. The van der Waals surface area contributed by atoms with Gasteiger partial charge in [0.2, 0.25) is 11.8 Å². The predicted octanol–water partition coefficient (Wildman–Crippen LogP) is 6.92. The third kappa shape index (κ3) is 8.16. The van der Waals surface area contributed by atoms with Crippen molar-refractivity contribution in [2.75, 3.05) is 31.1 Å². The Morgan fingerprint density at radius 3 is 2.53 bits per heavy atom. The standard InChI is InChI=1S/C36H42Cl3N5O3/c1-3-34(45)42-17-23-4-8-30(37)25(16-23)20-44(26-6-7-26)36(46)29-19-40-12-10-28(29)24-5-9-33(41-18-24)43-13-11-27(21-43)47-35-31(38)14-22(2)15-32(35)39/h4-5,8-9,14-16,18,26-29,40H,3,6-7,10-13,17,19-21H2,1-2H3,(H,42,45)/t27-,28+,29-/m0/s1. The summed E-state index contributed by atoms with van der Waals surface area (Å²) >= 11 is 19.5. The number of hydrogen-bond donors (Lipinski definition) is 2. The molecule has 0 spiro atoms. The lowest BCUT2D eigenvalue weighted by Crippen LogP contribution is -2.47. The maximum atomic E-state index is 14.3. The second-order valence-corrected chi connectivity index (χ2v) is 14.2. The summed E-state index contributed by atoms with van der Waals surface area (Å²) in [5, 5.41) is 8.07. The maximum Gasteiger partial charge on any atom is 0.228 e. The van der Waals surface area contributed by atoms with Crippen LogP contribution < -0.4 is 20.3 Å². The molecule has 1 aromatic heterocycles. The summed E-state index contributed by atoms with van der Waals surface area (Å²) in [6, 6.07) is 13.9. The minimum Gasteiger partial charge on any atom is -0.485 e. The van der Waals surface area contributed by atoms with Crippen LogP contribution >= 0.6 is 34.8 Å². The molecular weight excluding hydrogens is 657 g/mol. The first kappa shape index (κ1) is 33.8. The fourth-order valence-electron chi connectivity index (χ4n) is 6.67. The molecule has 1 saturated carbocycles. The average Bonchev–Trinajstić information content (AvgIpc) is 3.81. The van der Waals surface area contributed by atoms with E-state index < -0.39 is 0 Å². The van der Waals surface area contributed by atoms with Crippen LogP contribution in [0.3, 0.4) is 0 Å². The highest BCUT2D eigenvalue weighted by Gasteiger charge is 2.40. The molecule has 2 saturated heterocycles. The second-order valence-electron chi connectivity index (χ2n) is 12.9. The van der Waals surface area contributed by atoms with Crippen LogP contribution in [-0.2, 0) is 22.7 Å². The molecule has 47 heavy (non-hydrogen) atoms. The molecular formula is C36H42Cl3N5O3. The topological polar surface area (TPSA) is 86.8 Å². The number of aromatic nitrogens is 1. The van der Waals surface area contributed by atoms with Gasteiger partial charge in [-0.2, -0.15) is 0 Å². The Bertz CT molecular complexity index is 1580. The van der Waals surface area contributed by atoms with Crippen LogP contribution in [0.1, 0.15) is 67.2 Å². The quantitative estimate of drug-likeness (QED) is 0.226. The lowest BCUT2D eigenvalue weighted by atomic mass is 9.80. The second kappa shape index (κ2) is 15.0. The molecule has 3 fully saturated rings. The normalized spacial score (nSPS) is 21.0. The molecule has 2 N–H and O–H groups in total. The van der Waals surface area contributed by atoms with Crippen LogP contribution in [0.2, 0.25) is 15.1 Å². The fraction of sp³-hybridized carbons (Fsp3) is 0.472. The van der Waals surface area contributed by atoms with Gasteiger partial charge in [-0.05, 0) is 85.2 Å². The largest absolute Gasteiger partial charge is 0.485 e. The number of benzene rings is 2. The third-order valence-corrected chi connectivity index (χ3v) is 10.4. The van der Waals surface area contributed by atoms with Crippen LogP contribution in [0.15, 0.2) is 48.7 Å². The van der Waals surface area contributed by atoms with E-state index in [9.17, 15) is 9.59 Å². The summed E-state index contributed by atoms with van der Waals surface area (Å²) in [7, 11) is 0. The van der Waals surface area contributed by atoms with Crippen LogP contribution in [0, 0.1) is 12.8 Å². The zero-order valence-corrected chi connectivity index (χ0v) is 29.2. The van der Waals surface area contributed by atoms with Gasteiger partial charge in [0.15, 0.2) is 5.75 Å². The summed E-state index contributed by atoms with van der Waals surface area (Å²) in [4.78, 5) is 35.2. The van der Waals surface area contributed by atoms with Gasteiger partial charge in [-0.3, -0.25) is 9.59 Å². The lowest BCUT2D eigenvalue weighted by molar-refractivity contribution is -0.138. The van der Waals surface area contributed by atoms with Gasteiger partial charge in [0.05, 0.1) is 22.5 Å². The molecule has 2 aromatic carbocycles. The molecule has 0 unspecified atom stereocenters. The van der Waals surface area contributed by atoms with Gasteiger partial charge in [-0.1, -0.05) is 59.9 Å². The summed E-state index contributed by atoms with van der Waals surface area (Å²) in [6.45, 7) is 7.66. The van der Waals surface area contributed by atoms with Crippen molar-refractivity contribution in [1.29, 1.82) is 0 Å². The molecule has 11 heteroatoms. The van der Waals surface area contributed by atoms with E-state index in [2.05, 4.69) is 27.7 Å². The van der Waals surface area contributed by atoms with Gasteiger partial charge in [0, 0.05) is 56.3 Å². The number of nitrogens with zero attached hydrogens (tertiary/aromatic N) is 3. The first-order valence-electron chi connectivity index (χ1n) is 16.6. The van der Waals surface area contributed by atoms with Crippen molar-refractivity contribution in [2.45, 2.75) is 77.1 Å². The number of piperidine rings is 1. The van der Waals surface area contributed by atoms with Crippen molar-refractivity contribution in [2.24, 2.45) is 5.92 Å². The van der Waals surface area contributed by atoms with Crippen molar-refractivity contribution in [3.8, 4) is 5.75 Å². The van der Waals surface area contributed by atoms with E-state index in [1.54, 1.807) is 0 Å². The van der Waals surface area contributed by atoms with E-state index in [0.29, 0.717) is 53.4 Å². The molecule has 3 aliphatic rings. The molecule has 0 bridgehead atoms. The van der Waals surface area contributed by atoms with Gasteiger partial charge in [0.1, 0.15) is 11.9 Å². The Morgan fingerprint density at radius 2 is 1.83 bits per heavy atom. The maximum absolute atomic E-state index is 14.3. The number of amides is 2. The highest BCUT2D eigenvalue weighted by molar-refractivity contribution is 6.37. The Morgan fingerprint density at radius 1 is 1.04 bits per heavy atom. The number of hydrogen-bond acceptors (Lipinski definition) is 6. The van der Waals surface area contributed by atoms with Crippen molar-refractivity contribution in [3.63, 3.8) is 0 Å². The van der Waals surface area contributed by atoms with E-state index in [4.69, 9.17) is 44.5 Å². The van der Waals surface area contributed by atoms with E-state index in [0.717, 1.165) is 66.8 Å². The number of ether oxygens (including phenoxy) is 1. The first-order valence-corrected chi connectivity index (χ1v) is 17.7. The predicted molar refractivity (Wildman–Crippen MR) is 188 cm³/mol. The van der Waals surface area contributed by atoms with E-state index in [1.165, 1.54) is 0 Å². The molecule has 3 atom stereocenters. The number of anilines is 1. The van der Waals surface area contributed by atoms with Gasteiger partial charge in [0.25, 0.3) is 0 Å². The molecule has 0 radical (unpaired) electrons. The molecule has 2 aliphatic heterocycles. The number of carbonyl (C=O) groups excluding carboxylic acids is 2. The first-order chi connectivity index (χ1) is 22.7. The number of nitrogens with one attached hydrogen (secondary N) is 2. The van der Waals surface area contributed by atoms with E-state index in [1.807, 2.05) is 55.3 Å². The highest BCUT2D eigenvalue weighted by Crippen LogP contribution is 2.38. The zero-order valence-electron chi connectivity index (χ0n) is 26.9. The number of pyridine rings is 1. The summed E-state index contributed by atoms with van der Waals surface area (Å²) in [6.07, 6.45) is 6.04. The molecule has 3 heterocycles. The zero-order chi connectivity index (χ0) is 33.1. The SMILES string of the molecule is CCC(=O)NCc1ccc(Cl)c(CN(C(=O)[C@H]2CNCC[C@@H]2c2ccc(N3CC[C@H](Oc4c(Cl)cc(C)cc4Cl)C3)nc2)C2CC2)c1.